The molecule has 1 saturated carbocycles. The van der Waals surface area contributed by atoms with E-state index >= 15 is 0 Å². The molecule has 0 radical (unpaired) electrons. The minimum absolute atomic E-state index is 0.622. The van der Waals surface area contributed by atoms with Gasteiger partial charge in [-0.1, -0.05) is 36.8 Å². The van der Waals surface area contributed by atoms with Gasteiger partial charge in [0, 0.05) is 23.5 Å². The monoisotopic (exact) mass is 301 g/mol. The van der Waals surface area contributed by atoms with Gasteiger partial charge in [-0.05, 0) is 32.4 Å². The number of thiazole rings is 1. The van der Waals surface area contributed by atoms with E-state index in [4.69, 9.17) is 10.7 Å². The Bertz CT molecular complexity index is 566. The molecule has 0 aliphatic heterocycles. The third kappa shape index (κ3) is 3.34. The predicted molar refractivity (Wildman–Crippen MR) is 89.2 cm³/mol. The lowest BCUT2D eigenvalue weighted by atomic mass is 10.0. The van der Waals surface area contributed by atoms with Crippen LogP contribution in [0.25, 0.3) is 10.6 Å². The highest BCUT2D eigenvalue weighted by molar-refractivity contribution is 7.13. The average Bonchev–Trinajstić information content (AvgIpc) is 3.16. The van der Waals surface area contributed by atoms with E-state index < -0.39 is 0 Å². The maximum Gasteiger partial charge on any atom is 0.123 e. The largest absolute Gasteiger partial charge is 0.330 e. The Morgan fingerprint density at radius 2 is 2.10 bits per heavy atom. The number of hydrogen-bond acceptors (Lipinski definition) is 4. The molecular formula is C17H23N3S. The van der Waals surface area contributed by atoms with E-state index in [1.807, 2.05) is 6.07 Å². The van der Waals surface area contributed by atoms with Crippen molar-refractivity contribution < 1.29 is 0 Å². The fourth-order valence-electron chi connectivity index (χ4n) is 3.34. The molecule has 2 atom stereocenters. The summed E-state index contributed by atoms with van der Waals surface area (Å²) in [6, 6.07) is 11.0. The first-order valence-corrected chi connectivity index (χ1v) is 8.56. The fourth-order valence-corrected chi connectivity index (χ4v) is 4.16. The van der Waals surface area contributed by atoms with Gasteiger partial charge in [-0.3, -0.25) is 4.90 Å². The van der Waals surface area contributed by atoms with Gasteiger partial charge in [0.2, 0.25) is 0 Å². The number of nitrogens with two attached hydrogens (primary N) is 1. The molecule has 112 valence electrons. The van der Waals surface area contributed by atoms with Gasteiger partial charge in [0.1, 0.15) is 5.01 Å². The maximum absolute atomic E-state index is 5.90. The van der Waals surface area contributed by atoms with E-state index in [1.54, 1.807) is 11.3 Å². The molecule has 1 aliphatic carbocycles. The number of aromatic nitrogens is 1. The van der Waals surface area contributed by atoms with Crippen molar-refractivity contribution in [2.45, 2.75) is 31.8 Å². The Morgan fingerprint density at radius 3 is 2.86 bits per heavy atom. The lowest BCUT2D eigenvalue weighted by Crippen LogP contribution is -2.37. The first kappa shape index (κ1) is 14.7. The van der Waals surface area contributed by atoms with Crippen LogP contribution >= 0.6 is 11.3 Å². The summed E-state index contributed by atoms with van der Waals surface area (Å²) in [6.07, 6.45) is 3.86. The van der Waals surface area contributed by atoms with Crippen LogP contribution in [0.4, 0.5) is 0 Å². The zero-order valence-corrected chi connectivity index (χ0v) is 13.4. The smallest absolute Gasteiger partial charge is 0.123 e. The summed E-state index contributed by atoms with van der Waals surface area (Å²) in [5, 5.41) is 3.30. The van der Waals surface area contributed by atoms with E-state index in [9.17, 15) is 0 Å². The molecule has 3 rings (SSSR count). The summed E-state index contributed by atoms with van der Waals surface area (Å²) in [7, 11) is 2.21. The second kappa shape index (κ2) is 6.69. The molecule has 1 aliphatic rings. The molecule has 2 unspecified atom stereocenters. The highest BCUT2D eigenvalue weighted by Crippen LogP contribution is 2.30. The summed E-state index contributed by atoms with van der Waals surface area (Å²) in [4.78, 5) is 7.23. The highest BCUT2D eigenvalue weighted by atomic mass is 32.1. The predicted octanol–water partition coefficient (Wildman–Crippen LogP) is 3.37. The number of nitrogens with zero attached hydrogens (tertiary/aromatic N) is 2. The second-order valence-corrected chi connectivity index (χ2v) is 6.78. The number of benzene rings is 1. The van der Waals surface area contributed by atoms with E-state index in [0.717, 1.165) is 18.1 Å². The third-order valence-corrected chi connectivity index (χ3v) is 5.41. The number of rotatable bonds is 5. The molecule has 0 amide bonds. The van der Waals surface area contributed by atoms with Gasteiger partial charge in [-0.25, -0.2) is 4.98 Å². The molecule has 4 heteroatoms. The zero-order chi connectivity index (χ0) is 14.7. The van der Waals surface area contributed by atoms with Gasteiger partial charge in [-0.15, -0.1) is 11.3 Å². The van der Waals surface area contributed by atoms with Crippen molar-refractivity contribution in [2.75, 3.05) is 13.6 Å². The molecule has 1 aromatic heterocycles. The quantitative estimate of drug-likeness (QED) is 0.920. The first-order valence-electron chi connectivity index (χ1n) is 7.68. The summed E-state index contributed by atoms with van der Waals surface area (Å²) >= 11 is 1.73. The Morgan fingerprint density at radius 1 is 1.29 bits per heavy atom. The van der Waals surface area contributed by atoms with E-state index in [1.165, 1.54) is 30.5 Å². The summed E-state index contributed by atoms with van der Waals surface area (Å²) < 4.78 is 0. The Hall–Kier alpha value is -1.23. The lowest BCUT2D eigenvalue weighted by Gasteiger charge is -2.28. The molecule has 2 aromatic rings. The van der Waals surface area contributed by atoms with Crippen molar-refractivity contribution in [3.8, 4) is 10.6 Å². The SMILES string of the molecule is CN(Cc1csc(-c2ccccc2)n1)C1CCCC1CN. The van der Waals surface area contributed by atoms with Crippen LogP contribution in [-0.4, -0.2) is 29.5 Å². The number of hydrogen-bond donors (Lipinski definition) is 1. The van der Waals surface area contributed by atoms with Crippen LogP contribution in [0.1, 0.15) is 25.0 Å². The molecule has 1 heterocycles. The van der Waals surface area contributed by atoms with Gasteiger partial charge < -0.3 is 5.73 Å². The lowest BCUT2D eigenvalue weighted by molar-refractivity contribution is 0.191. The van der Waals surface area contributed by atoms with Crippen LogP contribution in [-0.2, 0) is 6.54 Å². The third-order valence-electron chi connectivity index (χ3n) is 4.47. The fraction of sp³-hybridized carbons (Fsp3) is 0.471. The molecular weight excluding hydrogens is 278 g/mol. The van der Waals surface area contributed by atoms with Crippen molar-refractivity contribution in [2.24, 2.45) is 11.7 Å². The van der Waals surface area contributed by atoms with Crippen molar-refractivity contribution in [1.29, 1.82) is 0 Å². The van der Waals surface area contributed by atoms with Crippen molar-refractivity contribution in [3.63, 3.8) is 0 Å². The topological polar surface area (TPSA) is 42.2 Å². The van der Waals surface area contributed by atoms with Gasteiger partial charge in [0.25, 0.3) is 0 Å². The molecule has 2 N–H and O–H groups in total. The second-order valence-electron chi connectivity index (χ2n) is 5.92. The molecule has 1 fully saturated rings. The van der Waals surface area contributed by atoms with Crippen molar-refractivity contribution in [3.05, 3.63) is 41.4 Å². The summed E-state index contributed by atoms with van der Waals surface area (Å²) in [5.74, 6) is 0.655. The molecule has 0 bridgehead atoms. The van der Waals surface area contributed by atoms with E-state index in [-0.39, 0.29) is 0 Å². The molecule has 0 spiro atoms. The molecule has 21 heavy (non-hydrogen) atoms. The molecule has 0 saturated heterocycles. The zero-order valence-electron chi connectivity index (χ0n) is 12.5. The Labute approximate surface area is 130 Å². The van der Waals surface area contributed by atoms with E-state index in [0.29, 0.717) is 12.0 Å². The van der Waals surface area contributed by atoms with Crippen LogP contribution < -0.4 is 5.73 Å². The van der Waals surface area contributed by atoms with Gasteiger partial charge in [0.05, 0.1) is 5.69 Å². The minimum atomic E-state index is 0.622. The van der Waals surface area contributed by atoms with Crippen molar-refractivity contribution in [1.82, 2.24) is 9.88 Å². The first-order chi connectivity index (χ1) is 10.3. The van der Waals surface area contributed by atoms with Crippen molar-refractivity contribution >= 4 is 11.3 Å². The van der Waals surface area contributed by atoms with Crippen LogP contribution in [0.15, 0.2) is 35.7 Å². The highest BCUT2D eigenvalue weighted by Gasteiger charge is 2.29. The molecule has 1 aromatic carbocycles. The van der Waals surface area contributed by atoms with Gasteiger partial charge in [-0.2, -0.15) is 0 Å². The van der Waals surface area contributed by atoms with Crippen LogP contribution in [0.5, 0.6) is 0 Å². The van der Waals surface area contributed by atoms with Gasteiger partial charge >= 0.3 is 0 Å². The minimum Gasteiger partial charge on any atom is -0.330 e. The Balaban J connectivity index is 1.67. The van der Waals surface area contributed by atoms with Crippen LogP contribution in [0.3, 0.4) is 0 Å². The summed E-state index contributed by atoms with van der Waals surface area (Å²) in [5.41, 5.74) is 8.27. The normalized spacial score (nSPS) is 22.0. The van der Waals surface area contributed by atoms with Gasteiger partial charge in [0.15, 0.2) is 0 Å². The maximum atomic E-state index is 5.90. The standard InChI is InChI=1S/C17H23N3S/c1-20(16-9-5-8-14(16)10-18)11-15-12-21-17(19-15)13-6-3-2-4-7-13/h2-4,6-7,12,14,16H,5,8-11,18H2,1H3. The molecule has 3 nitrogen and oxygen atoms in total. The average molecular weight is 301 g/mol. The van der Waals surface area contributed by atoms with Crippen LogP contribution in [0, 0.1) is 5.92 Å². The van der Waals surface area contributed by atoms with Crippen LogP contribution in [0.2, 0.25) is 0 Å². The van der Waals surface area contributed by atoms with E-state index in [2.05, 4.69) is 41.6 Å². The Kier molecular flexibility index (Phi) is 4.68. The summed E-state index contributed by atoms with van der Waals surface area (Å²) in [6.45, 7) is 1.73.